The average molecular weight is 454 g/mol. The number of fused-ring (bicyclic) bond motifs is 1. The summed E-state index contributed by atoms with van der Waals surface area (Å²) >= 11 is 2.97. The number of hydrogen-bond donors (Lipinski definition) is 1. The number of nitrogens with one attached hydrogen (secondary N) is 1. The summed E-state index contributed by atoms with van der Waals surface area (Å²) in [6, 6.07) is 15.4. The Bertz CT molecular complexity index is 1140. The largest absolute Gasteiger partial charge is 0.324 e. The van der Waals surface area contributed by atoms with E-state index in [2.05, 4.69) is 5.32 Å². The molecule has 0 spiro atoms. The summed E-state index contributed by atoms with van der Waals surface area (Å²) < 4.78 is 1.85. The Kier molecular flexibility index (Phi) is 7.02. The number of para-hydroxylation sites is 2. The minimum Gasteiger partial charge on any atom is -0.324 e. The van der Waals surface area contributed by atoms with Crippen molar-refractivity contribution in [3.05, 3.63) is 58.9 Å². The second kappa shape index (κ2) is 9.92. The number of benzene rings is 2. The van der Waals surface area contributed by atoms with E-state index in [-0.39, 0.29) is 17.5 Å². The van der Waals surface area contributed by atoms with E-state index in [1.807, 2.05) is 66.3 Å². The smallest absolute Gasteiger partial charge is 0.262 e. The molecule has 1 aliphatic rings. The number of carbonyl (C=O) groups is 1. The lowest BCUT2D eigenvalue weighted by molar-refractivity contribution is -0.115. The number of hydrogen-bond acceptors (Lipinski definition) is 5. The van der Waals surface area contributed by atoms with Gasteiger partial charge in [-0.25, -0.2) is 4.98 Å². The van der Waals surface area contributed by atoms with E-state index < -0.39 is 5.25 Å². The fourth-order valence-electron chi connectivity index (χ4n) is 4.06. The summed E-state index contributed by atoms with van der Waals surface area (Å²) in [7, 11) is 0. The van der Waals surface area contributed by atoms with Crippen molar-refractivity contribution >= 4 is 46.0 Å². The van der Waals surface area contributed by atoms with Crippen LogP contribution in [0.4, 0.5) is 5.69 Å². The molecule has 1 aromatic heterocycles. The van der Waals surface area contributed by atoms with Crippen LogP contribution >= 0.6 is 23.5 Å². The van der Waals surface area contributed by atoms with Gasteiger partial charge in [0, 0.05) is 10.9 Å². The van der Waals surface area contributed by atoms with Crippen LogP contribution in [0.1, 0.15) is 45.1 Å². The second-order valence-corrected chi connectivity index (χ2v) is 9.98. The summed E-state index contributed by atoms with van der Waals surface area (Å²) in [5.41, 5.74) is 1.49. The van der Waals surface area contributed by atoms with Crippen LogP contribution in [-0.2, 0) is 4.79 Å². The highest BCUT2D eigenvalue weighted by atomic mass is 32.2. The zero-order valence-corrected chi connectivity index (χ0v) is 19.5. The first-order chi connectivity index (χ1) is 15.1. The quantitative estimate of drug-likeness (QED) is 0.381. The van der Waals surface area contributed by atoms with Crippen molar-refractivity contribution in [1.82, 2.24) is 9.55 Å². The van der Waals surface area contributed by atoms with Gasteiger partial charge in [0.1, 0.15) is 0 Å². The molecule has 2 aromatic carbocycles. The molecule has 1 saturated carbocycles. The third-order valence-corrected chi connectivity index (χ3v) is 7.59. The minimum absolute atomic E-state index is 0.000312. The monoisotopic (exact) mass is 453 g/mol. The first kappa shape index (κ1) is 22.0. The molecular formula is C24H27N3O2S2. The Labute approximate surface area is 191 Å². The number of rotatable bonds is 6. The zero-order valence-electron chi connectivity index (χ0n) is 17.8. The summed E-state index contributed by atoms with van der Waals surface area (Å²) in [5, 5.41) is 3.92. The Morgan fingerprint density at radius 1 is 1.10 bits per heavy atom. The molecule has 0 radical (unpaired) electrons. The Hall–Kier alpha value is -2.25. The Balaban J connectivity index is 1.65. The molecule has 31 heavy (non-hydrogen) atoms. The maximum absolute atomic E-state index is 13.4. The standard InChI is InChI=1S/C24H27N3O2S2/c1-16(22(28)25-20-14-8-9-15-21(20)30-2)31-24-26-19-13-7-6-12-18(19)23(29)27(24)17-10-4-3-5-11-17/h6-9,12-17H,3-5,10-11H2,1-2H3,(H,25,28). The van der Waals surface area contributed by atoms with Crippen molar-refractivity contribution in [2.45, 2.75) is 60.4 Å². The van der Waals surface area contributed by atoms with Crippen LogP contribution in [0.3, 0.4) is 0 Å². The average Bonchev–Trinajstić information content (AvgIpc) is 2.80. The zero-order chi connectivity index (χ0) is 21.8. The third-order valence-electron chi connectivity index (χ3n) is 5.73. The second-order valence-electron chi connectivity index (χ2n) is 7.83. The molecule has 1 amide bonds. The van der Waals surface area contributed by atoms with Crippen molar-refractivity contribution in [2.24, 2.45) is 0 Å². The highest BCUT2D eigenvalue weighted by molar-refractivity contribution is 8.00. The number of anilines is 1. The lowest BCUT2D eigenvalue weighted by Gasteiger charge is -2.26. The molecule has 1 heterocycles. The molecule has 3 aromatic rings. The van der Waals surface area contributed by atoms with Crippen LogP contribution in [0.2, 0.25) is 0 Å². The number of nitrogens with zero attached hydrogens (tertiary/aromatic N) is 2. The summed E-state index contributed by atoms with van der Waals surface area (Å²) in [6.45, 7) is 1.87. The first-order valence-corrected chi connectivity index (χ1v) is 12.8. The van der Waals surface area contributed by atoms with Gasteiger partial charge in [-0.2, -0.15) is 0 Å². The number of carbonyl (C=O) groups excluding carboxylic acids is 1. The summed E-state index contributed by atoms with van der Waals surface area (Å²) in [4.78, 5) is 32.2. The van der Waals surface area contributed by atoms with Gasteiger partial charge in [-0.3, -0.25) is 14.2 Å². The minimum atomic E-state index is -0.391. The van der Waals surface area contributed by atoms with Crippen LogP contribution in [0.5, 0.6) is 0 Å². The summed E-state index contributed by atoms with van der Waals surface area (Å²) in [5.74, 6) is -0.0934. The van der Waals surface area contributed by atoms with Crippen LogP contribution in [0, 0.1) is 0 Å². The van der Waals surface area contributed by atoms with Crippen LogP contribution in [-0.4, -0.2) is 27.0 Å². The third kappa shape index (κ3) is 4.83. The van der Waals surface area contributed by atoms with E-state index in [0.29, 0.717) is 16.1 Å². The van der Waals surface area contributed by atoms with Gasteiger partial charge >= 0.3 is 0 Å². The molecule has 0 bridgehead atoms. The Morgan fingerprint density at radius 3 is 2.58 bits per heavy atom. The predicted octanol–water partition coefficient (Wildman–Crippen LogP) is 5.74. The lowest BCUT2D eigenvalue weighted by atomic mass is 9.95. The van der Waals surface area contributed by atoms with Crippen molar-refractivity contribution < 1.29 is 4.79 Å². The molecule has 4 rings (SSSR count). The molecule has 0 saturated heterocycles. The molecular weight excluding hydrogens is 426 g/mol. The van der Waals surface area contributed by atoms with E-state index >= 15 is 0 Å². The van der Waals surface area contributed by atoms with Gasteiger partial charge in [-0.1, -0.05) is 55.3 Å². The highest BCUT2D eigenvalue weighted by Crippen LogP contribution is 2.33. The van der Waals surface area contributed by atoms with Gasteiger partial charge in [0.25, 0.3) is 5.56 Å². The van der Waals surface area contributed by atoms with Crippen molar-refractivity contribution in [3.8, 4) is 0 Å². The van der Waals surface area contributed by atoms with Crippen LogP contribution < -0.4 is 10.9 Å². The fraction of sp³-hybridized carbons (Fsp3) is 0.375. The van der Waals surface area contributed by atoms with Crippen molar-refractivity contribution in [2.75, 3.05) is 11.6 Å². The molecule has 7 heteroatoms. The SMILES string of the molecule is CSc1ccccc1NC(=O)C(C)Sc1nc2ccccc2c(=O)n1C1CCCCC1. The lowest BCUT2D eigenvalue weighted by Crippen LogP contribution is -2.30. The molecule has 1 atom stereocenters. The van der Waals surface area contributed by atoms with Gasteiger partial charge in [-0.05, 0) is 50.3 Å². The number of thioether (sulfide) groups is 2. The molecule has 1 N–H and O–H groups in total. The van der Waals surface area contributed by atoms with Gasteiger partial charge in [0.15, 0.2) is 5.16 Å². The topological polar surface area (TPSA) is 64.0 Å². The van der Waals surface area contributed by atoms with E-state index in [0.717, 1.165) is 36.3 Å². The van der Waals surface area contributed by atoms with Gasteiger partial charge in [-0.15, -0.1) is 11.8 Å². The predicted molar refractivity (Wildman–Crippen MR) is 130 cm³/mol. The molecule has 1 unspecified atom stereocenters. The fourth-order valence-corrected chi connectivity index (χ4v) is 5.60. The van der Waals surface area contributed by atoms with E-state index in [9.17, 15) is 9.59 Å². The molecule has 0 aliphatic heterocycles. The van der Waals surface area contributed by atoms with Gasteiger partial charge < -0.3 is 5.32 Å². The van der Waals surface area contributed by atoms with Gasteiger partial charge in [0.2, 0.25) is 5.91 Å². The maximum atomic E-state index is 13.4. The first-order valence-electron chi connectivity index (χ1n) is 10.7. The normalized spacial score (nSPS) is 15.7. The van der Waals surface area contributed by atoms with Crippen LogP contribution in [0.15, 0.2) is 63.4 Å². The molecule has 5 nitrogen and oxygen atoms in total. The Morgan fingerprint density at radius 2 is 1.81 bits per heavy atom. The highest BCUT2D eigenvalue weighted by Gasteiger charge is 2.25. The molecule has 1 aliphatic carbocycles. The van der Waals surface area contributed by atoms with E-state index in [4.69, 9.17) is 4.98 Å². The van der Waals surface area contributed by atoms with E-state index in [1.165, 1.54) is 18.2 Å². The van der Waals surface area contributed by atoms with Crippen molar-refractivity contribution in [3.63, 3.8) is 0 Å². The van der Waals surface area contributed by atoms with E-state index in [1.54, 1.807) is 11.8 Å². The van der Waals surface area contributed by atoms with Crippen LogP contribution in [0.25, 0.3) is 10.9 Å². The maximum Gasteiger partial charge on any atom is 0.262 e. The molecule has 1 fully saturated rings. The van der Waals surface area contributed by atoms with Gasteiger partial charge in [0.05, 0.1) is 21.8 Å². The number of amides is 1. The number of aromatic nitrogens is 2. The molecule has 162 valence electrons. The van der Waals surface area contributed by atoms with Crippen molar-refractivity contribution in [1.29, 1.82) is 0 Å². The summed E-state index contributed by atoms with van der Waals surface area (Å²) in [6.07, 6.45) is 7.41.